The molecule has 4 heteroatoms. The van der Waals surface area contributed by atoms with Gasteiger partial charge in [0.15, 0.2) is 0 Å². The number of nitrogens with zero attached hydrogens (tertiary/aromatic N) is 1. The summed E-state index contributed by atoms with van der Waals surface area (Å²) in [5.41, 5.74) is 5.55. The molecule has 4 nitrogen and oxygen atoms in total. The van der Waals surface area contributed by atoms with Crippen LogP contribution in [-0.2, 0) is 0 Å². The second-order valence-corrected chi connectivity index (χ2v) is 4.47. The number of hydrogen-bond donors (Lipinski definition) is 1. The van der Waals surface area contributed by atoms with E-state index in [1.54, 1.807) is 24.3 Å². The Kier molecular flexibility index (Phi) is 2.56. The molecular weight excluding hydrogens is 240 g/mol. The minimum atomic E-state index is -0.318. The Morgan fingerprint density at radius 3 is 1.89 bits per heavy atom. The van der Waals surface area contributed by atoms with E-state index in [4.69, 9.17) is 0 Å². The number of nitrogens with one attached hydrogen (secondary N) is 1. The summed E-state index contributed by atoms with van der Waals surface area (Å²) in [6.07, 6.45) is 0. The summed E-state index contributed by atoms with van der Waals surface area (Å²) in [5, 5.41) is 1.05. The van der Waals surface area contributed by atoms with Gasteiger partial charge in [0.05, 0.1) is 16.8 Å². The molecule has 1 aliphatic rings. The van der Waals surface area contributed by atoms with Gasteiger partial charge in [0.25, 0.3) is 11.8 Å². The standard InChI is InChI=1S/C15H12N2O2/c1-10-6-8-11(9-7-10)16-17-14(18)12-4-2-3-5-13(12)15(17)19/h2-9,16H,1H3. The van der Waals surface area contributed by atoms with Crippen molar-refractivity contribution in [3.63, 3.8) is 0 Å². The molecule has 0 radical (unpaired) electrons. The van der Waals surface area contributed by atoms with Crippen LogP contribution in [0.5, 0.6) is 0 Å². The normalized spacial score (nSPS) is 13.6. The molecule has 0 unspecified atom stereocenters. The zero-order valence-corrected chi connectivity index (χ0v) is 10.4. The molecule has 2 aromatic rings. The molecule has 0 spiro atoms. The number of hydrazine groups is 1. The maximum atomic E-state index is 12.1. The molecule has 1 N–H and O–H groups in total. The van der Waals surface area contributed by atoms with Crippen LogP contribution in [0.25, 0.3) is 0 Å². The van der Waals surface area contributed by atoms with Crippen molar-refractivity contribution in [1.82, 2.24) is 5.01 Å². The van der Waals surface area contributed by atoms with Crippen molar-refractivity contribution in [2.75, 3.05) is 5.43 Å². The fourth-order valence-corrected chi connectivity index (χ4v) is 2.05. The van der Waals surface area contributed by atoms with Gasteiger partial charge >= 0.3 is 0 Å². The lowest BCUT2D eigenvalue weighted by atomic mass is 10.1. The number of anilines is 1. The fraction of sp³-hybridized carbons (Fsp3) is 0.0667. The van der Waals surface area contributed by atoms with Crippen molar-refractivity contribution < 1.29 is 9.59 Å². The molecule has 0 fully saturated rings. The van der Waals surface area contributed by atoms with Crippen molar-refractivity contribution in [2.24, 2.45) is 0 Å². The van der Waals surface area contributed by atoms with E-state index < -0.39 is 0 Å². The van der Waals surface area contributed by atoms with Crippen LogP contribution >= 0.6 is 0 Å². The summed E-state index contributed by atoms with van der Waals surface area (Å²) >= 11 is 0. The molecule has 94 valence electrons. The van der Waals surface area contributed by atoms with Crippen molar-refractivity contribution in [2.45, 2.75) is 6.92 Å². The van der Waals surface area contributed by atoms with E-state index in [0.717, 1.165) is 10.6 Å². The number of hydrogen-bond acceptors (Lipinski definition) is 3. The Morgan fingerprint density at radius 1 is 0.842 bits per heavy atom. The first-order chi connectivity index (χ1) is 9.16. The molecule has 2 aromatic carbocycles. The van der Waals surface area contributed by atoms with Crippen LogP contribution in [0.2, 0.25) is 0 Å². The summed E-state index contributed by atoms with van der Waals surface area (Å²) in [4.78, 5) is 24.2. The fourth-order valence-electron chi connectivity index (χ4n) is 2.05. The van der Waals surface area contributed by atoms with Gasteiger partial charge in [-0.1, -0.05) is 29.8 Å². The largest absolute Gasteiger partial charge is 0.288 e. The topological polar surface area (TPSA) is 49.4 Å². The van der Waals surface area contributed by atoms with E-state index in [1.165, 1.54) is 0 Å². The molecule has 0 saturated heterocycles. The zero-order chi connectivity index (χ0) is 13.4. The molecule has 1 aliphatic heterocycles. The van der Waals surface area contributed by atoms with E-state index in [1.807, 2.05) is 31.2 Å². The third kappa shape index (κ3) is 1.87. The van der Waals surface area contributed by atoms with Crippen LogP contribution in [0.3, 0.4) is 0 Å². The number of carbonyl (C=O) groups is 2. The lowest BCUT2D eigenvalue weighted by molar-refractivity contribution is 0.0691. The molecule has 0 aliphatic carbocycles. The van der Waals surface area contributed by atoms with Gasteiger partial charge in [-0.3, -0.25) is 15.0 Å². The van der Waals surface area contributed by atoms with Gasteiger partial charge in [0.2, 0.25) is 0 Å². The number of amides is 2. The molecule has 19 heavy (non-hydrogen) atoms. The number of aryl methyl sites for hydroxylation is 1. The van der Waals surface area contributed by atoms with Crippen LogP contribution in [0, 0.1) is 6.92 Å². The first kappa shape index (κ1) is 11.5. The summed E-state index contributed by atoms with van der Waals surface area (Å²) in [6, 6.07) is 14.3. The molecule has 0 aromatic heterocycles. The Hall–Kier alpha value is -2.62. The molecule has 0 atom stereocenters. The first-order valence-electron chi connectivity index (χ1n) is 5.98. The van der Waals surface area contributed by atoms with Gasteiger partial charge in [-0.25, -0.2) is 0 Å². The van der Waals surface area contributed by atoms with Crippen molar-refractivity contribution in [1.29, 1.82) is 0 Å². The summed E-state index contributed by atoms with van der Waals surface area (Å²) < 4.78 is 0. The molecule has 0 saturated carbocycles. The van der Waals surface area contributed by atoms with Crippen LogP contribution in [0.1, 0.15) is 26.3 Å². The highest BCUT2D eigenvalue weighted by Gasteiger charge is 2.35. The van der Waals surface area contributed by atoms with Gasteiger partial charge in [0.1, 0.15) is 0 Å². The minimum absolute atomic E-state index is 0.318. The van der Waals surface area contributed by atoms with Gasteiger partial charge in [-0.2, -0.15) is 5.01 Å². The third-order valence-electron chi connectivity index (χ3n) is 3.09. The second kappa shape index (κ2) is 4.24. The predicted molar refractivity (Wildman–Crippen MR) is 71.7 cm³/mol. The van der Waals surface area contributed by atoms with Crippen LogP contribution in [-0.4, -0.2) is 16.8 Å². The quantitative estimate of drug-likeness (QED) is 0.836. The van der Waals surface area contributed by atoms with E-state index >= 15 is 0 Å². The summed E-state index contributed by atoms with van der Waals surface area (Å²) in [5.74, 6) is -0.637. The second-order valence-electron chi connectivity index (χ2n) is 4.47. The van der Waals surface area contributed by atoms with Crippen LogP contribution in [0.15, 0.2) is 48.5 Å². The molecule has 0 bridgehead atoms. The Labute approximate surface area is 110 Å². The lowest BCUT2D eigenvalue weighted by Gasteiger charge is -2.16. The number of carbonyl (C=O) groups excluding carboxylic acids is 2. The van der Waals surface area contributed by atoms with Crippen LogP contribution in [0.4, 0.5) is 5.69 Å². The van der Waals surface area contributed by atoms with Crippen LogP contribution < -0.4 is 5.43 Å². The number of fused-ring (bicyclic) bond motifs is 1. The highest BCUT2D eigenvalue weighted by Crippen LogP contribution is 2.23. The SMILES string of the molecule is Cc1ccc(NN2C(=O)c3ccccc3C2=O)cc1. The maximum Gasteiger partial charge on any atom is 0.280 e. The Bertz CT molecular complexity index is 627. The molecule has 2 amide bonds. The molecular formula is C15H12N2O2. The monoisotopic (exact) mass is 252 g/mol. The van der Waals surface area contributed by atoms with E-state index in [0.29, 0.717) is 16.8 Å². The van der Waals surface area contributed by atoms with E-state index in [-0.39, 0.29) is 11.8 Å². The van der Waals surface area contributed by atoms with Crippen molar-refractivity contribution >= 4 is 17.5 Å². The van der Waals surface area contributed by atoms with E-state index in [2.05, 4.69) is 5.43 Å². The Balaban J connectivity index is 1.90. The van der Waals surface area contributed by atoms with Crippen molar-refractivity contribution in [3.05, 3.63) is 65.2 Å². The first-order valence-corrected chi connectivity index (χ1v) is 5.98. The number of rotatable bonds is 2. The highest BCUT2D eigenvalue weighted by atomic mass is 16.2. The molecule has 1 heterocycles. The summed E-state index contributed by atoms with van der Waals surface area (Å²) in [6.45, 7) is 1.98. The highest BCUT2D eigenvalue weighted by molar-refractivity contribution is 6.21. The average molecular weight is 252 g/mol. The third-order valence-corrected chi connectivity index (χ3v) is 3.09. The predicted octanol–water partition coefficient (Wildman–Crippen LogP) is 2.62. The summed E-state index contributed by atoms with van der Waals surface area (Å²) in [7, 11) is 0. The van der Waals surface area contributed by atoms with Gasteiger partial charge in [-0.15, -0.1) is 0 Å². The maximum absolute atomic E-state index is 12.1. The Morgan fingerprint density at radius 2 is 1.37 bits per heavy atom. The lowest BCUT2D eigenvalue weighted by Crippen LogP contribution is -2.35. The minimum Gasteiger partial charge on any atom is -0.288 e. The average Bonchev–Trinajstić information content (AvgIpc) is 2.67. The zero-order valence-electron chi connectivity index (χ0n) is 10.4. The van der Waals surface area contributed by atoms with Gasteiger partial charge in [0, 0.05) is 0 Å². The number of benzene rings is 2. The van der Waals surface area contributed by atoms with Gasteiger partial charge < -0.3 is 0 Å². The number of imide groups is 1. The van der Waals surface area contributed by atoms with E-state index in [9.17, 15) is 9.59 Å². The van der Waals surface area contributed by atoms with Gasteiger partial charge in [-0.05, 0) is 31.2 Å². The van der Waals surface area contributed by atoms with Crippen molar-refractivity contribution in [3.8, 4) is 0 Å². The molecule has 3 rings (SSSR count). The smallest absolute Gasteiger partial charge is 0.280 e.